The van der Waals surface area contributed by atoms with E-state index in [4.69, 9.17) is 14.6 Å². The van der Waals surface area contributed by atoms with E-state index in [0.29, 0.717) is 19.4 Å². The van der Waals surface area contributed by atoms with Crippen molar-refractivity contribution in [2.45, 2.75) is 18.9 Å². The molecule has 0 fully saturated rings. The number of carbonyl (C=O) groups is 1. The zero-order chi connectivity index (χ0) is 15.9. The maximum Gasteiger partial charge on any atom is 0.227 e. The first-order valence-electron chi connectivity index (χ1n) is 7.37. The van der Waals surface area contributed by atoms with Crippen molar-refractivity contribution < 1.29 is 19.4 Å². The molecule has 1 amide bonds. The van der Waals surface area contributed by atoms with Crippen LogP contribution in [-0.2, 0) is 11.2 Å². The molecule has 2 rings (SSSR count). The number of nitrogens with one attached hydrogen (secondary N) is 1. The molecule has 6 heteroatoms. The third-order valence-electron chi connectivity index (χ3n) is 3.74. The second-order valence-corrected chi connectivity index (χ2v) is 6.27. The molecule has 0 saturated heterocycles. The number of thioether (sulfide) groups is 1. The summed E-state index contributed by atoms with van der Waals surface area (Å²) in [5.74, 6) is 2.15. The predicted molar refractivity (Wildman–Crippen MR) is 87.7 cm³/mol. The third-order valence-corrected chi connectivity index (χ3v) is 4.48. The molecule has 5 nitrogen and oxygen atoms in total. The Kier molecular flexibility index (Phi) is 6.39. The number of rotatable bonds is 7. The molecule has 0 aromatic heterocycles. The van der Waals surface area contributed by atoms with Gasteiger partial charge in [0.15, 0.2) is 0 Å². The quantitative estimate of drug-likeness (QED) is 0.795. The average molecular weight is 325 g/mol. The summed E-state index contributed by atoms with van der Waals surface area (Å²) in [6.45, 7) is 0.451. The lowest BCUT2D eigenvalue weighted by Gasteiger charge is -2.27. The van der Waals surface area contributed by atoms with Crippen LogP contribution in [0.3, 0.4) is 0 Å². The fourth-order valence-electron chi connectivity index (χ4n) is 2.52. The first-order valence-corrected chi connectivity index (χ1v) is 8.77. The lowest BCUT2D eigenvalue weighted by molar-refractivity contribution is -0.126. The summed E-state index contributed by atoms with van der Waals surface area (Å²) in [7, 11) is 1.62. The summed E-state index contributed by atoms with van der Waals surface area (Å²) in [6, 6.07) is 5.68. The minimum absolute atomic E-state index is 0.00441. The summed E-state index contributed by atoms with van der Waals surface area (Å²) < 4.78 is 10.9. The largest absolute Gasteiger partial charge is 0.497 e. The lowest BCUT2D eigenvalue weighted by atomic mass is 9.95. The van der Waals surface area contributed by atoms with Gasteiger partial charge in [0.25, 0.3) is 0 Å². The standard InChI is InChI=1S/C16H23NO4S/c1-20-14-4-3-11-7-12(9-21-15(11)8-14)16(19)17-13(5-6-18)10-22-2/h3-4,8,12-13,18H,5-7,9-10H2,1-2H3,(H,17,19). The van der Waals surface area contributed by atoms with Gasteiger partial charge in [-0.1, -0.05) is 6.07 Å². The Hall–Kier alpha value is -1.40. The van der Waals surface area contributed by atoms with E-state index < -0.39 is 0 Å². The maximum absolute atomic E-state index is 12.4. The van der Waals surface area contributed by atoms with Crippen molar-refractivity contribution in [3.63, 3.8) is 0 Å². The number of fused-ring (bicyclic) bond motifs is 1. The monoisotopic (exact) mass is 325 g/mol. The number of carbonyl (C=O) groups excluding carboxylic acids is 1. The van der Waals surface area contributed by atoms with Crippen LogP contribution in [-0.4, -0.2) is 49.4 Å². The second-order valence-electron chi connectivity index (χ2n) is 5.36. The van der Waals surface area contributed by atoms with Crippen LogP contribution in [0.25, 0.3) is 0 Å². The number of methoxy groups -OCH3 is 1. The normalized spacial score (nSPS) is 18.0. The highest BCUT2D eigenvalue weighted by atomic mass is 32.2. The number of benzene rings is 1. The molecule has 2 unspecified atom stereocenters. The van der Waals surface area contributed by atoms with Crippen LogP contribution < -0.4 is 14.8 Å². The van der Waals surface area contributed by atoms with E-state index in [9.17, 15) is 4.79 Å². The van der Waals surface area contributed by atoms with Gasteiger partial charge >= 0.3 is 0 Å². The van der Waals surface area contributed by atoms with Gasteiger partial charge < -0.3 is 19.9 Å². The SMILES string of the molecule is COc1ccc2c(c1)OCC(C(=O)NC(CCO)CSC)C2. The zero-order valence-corrected chi connectivity index (χ0v) is 13.8. The highest BCUT2D eigenvalue weighted by Gasteiger charge is 2.27. The van der Waals surface area contributed by atoms with Gasteiger partial charge in [0.05, 0.1) is 13.0 Å². The van der Waals surface area contributed by atoms with E-state index >= 15 is 0 Å². The molecule has 0 spiro atoms. The van der Waals surface area contributed by atoms with E-state index in [1.54, 1.807) is 18.9 Å². The molecule has 0 radical (unpaired) electrons. The van der Waals surface area contributed by atoms with Crippen LogP contribution in [0.15, 0.2) is 18.2 Å². The number of hydrogen-bond donors (Lipinski definition) is 2. The van der Waals surface area contributed by atoms with E-state index in [0.717, 1.165) is 22.8 Å². The van der Waals surface area contributed by atoms with E-state index in [1.165, 1.54) is 0 Å². The molecule has 22 heavy (non-hydrogen) atoms. The van der Waals surface area contributed by atoms with Crippen molar-refractivity contribution >= 4 is 17.7 Å². The summed E-state index contributed by atoms with van der Waals surface area (Å²) in [4.78, 5) is 12.4. The van der Waals surface area contributed by atoms with Crippen LogP contribution in [0.2, 0.25) is 0 Å². The molecule has 0 bridgehead atoms. The summed E-state index contributed by atoms with van der Waals surface area (Å²) in [5, 5.41) is 12.1. The van der Waals surface area contributed by atoms with Crippen molar-refractivity contribution in [2.75, 3.05) is 32.3 Å². The van der Waals surface area contributed by atoms with Crippen molar-refractivity contribution in [1.29, 1.82) is 0 Å². The average Bonchev–Trinajstić information content (AvgIpc) is 2.54. The van der Waals surface area contributed by atoms with Gasteiger partial charge in [0.2, 0.25) is 5.91 Å². The van der Waals surface area contributed by atoms with Gasteiger partial charge in [0.1, 0.15) is 18.1 Å². The fraction of sp³-hybridized carbons (Fsp3) is 0.562. The summed E-state index contributed by atoms with van der Waals surface area (Å²) in [6.07, 6.45) is 3.23. The summed E-state index contributed by atoms with van der Waals surface area (Å²) in [5.41, 5.74) is 1.02. The lowest BCUT2D eigenvalue weighted by Crippen LogP contribution is -2.44. The van der Waals surface area contributed by atoms with Crippen molar-refractivity contribution in [2.24, 2.45) is 5.92 Å². The topological polar surface area (TPSA) is 67.8 Å². The minimum Gasteiger partial charge on any atom is -0.497 e. The van der Waals surface area contributed by atoms with Crippen LogP contribution in [0.5, 0.6) is 11.5 Å². The molecule has 1 aromatic carbocycles. The van der Waals surface area contributed by atoms with E-state index in [2.05, 4.69) is 5.32 Å². The fourth-order valence-corrected chi connectivity index (χ4v) is 3.17. The molecule has 1 aromatic rings. The van der Waals surface area contributed by atoms with Crippen LogP contribution in [0.4, 0.5) is 0 Å². The van der Waals surface area contributed by atoms with Gasteiger partial charge in [-0.3, -0.25) is 4.79 Å². The van der Waals surface area contributed by atoms with E-state index in [1.807, 2.05) is 24.5 Å². The van der Waals surface area contributed by atoms with Gasteiger partial charge in [-0.25, -0.2) is 0 Å². The Morgan fingerprint density at radius 1 is 1.59 bits per heavy atom. The van der Waals surface area contributed by atoms with Gasteiger partial charge in [0, 0.05) is 24.5 Å². The van der Waals surface area contributed by atoms with Gasteiger partial charge in [-0.15, -0.1) is 0 Å². The number of amides is 1. The smallest absolute Gasteiger partial charge is 0.227 e. The number of hydrogen-bond acceptors (Lipinski definition) is 5. The second kappa shape index (κ2) is 8.29. The van der Waals surface area contributed by atoms with Crippen LogP contribution >= 0.6 is 11.8 Å². The number of aliphatic hydroxyl groups is 1. The highest BCUT2D eigenvalue weighted by Crippen LogP contribution is 2.31. The Morgan fingerprint density at radius 2 is 2.41 bits per heavy atom. The van der Waals surface area contributed by atoms with Gasteiger partial charge in [-0.05, 0) is 30.7 Å². The zero-order valence-electron chi connectivity index (χ0n) is 13.0. The predicted octanol–water partition coefficient (Wildman–Crippen LogP) is 1.48. The Labute approximate surface area is 135 Å². The Balaban J connectivity index is 1.97. The molecule has 1 aliphatic heterocycles. The molecule has 122 valence electrons. The van der Waals surface area contributed by atoms with Crippen molar-refractivity contribution in [3.05, 3.63) is 23.8 Å². The Bertz CT molecular complexity index is 503. The molecule has 0 aliphatic carbocycles. The number of ether oxygens (including phenoxy) is 2. The molecule has 1 heterocycles. The number of aliphatic hydroxyl groups excluding tert-OH is 1. The summed E-state index contributed by atoms with van der Waals surface area (Å²) >= 11 is 1.66. The molecular weight excluding hydrogens is 302 g/mol. The maximum atomic E-state index is 12.4. The first-order chi connectivity index (χ1) is 10.7. The molecule has 2 atom stereocenters. The Morgan fingerprint density at radius 3 is 3.09 bits per heavy atom. The third kappa shape index (κ3) is 4.30. The highest BCUT2D eigenvalue weighted by molar-refractivity contribution is 7.98. The van der Waals surface area contributed by atoms with Gasteiger partial charge in [-0.2, -0.15) is 11.8 Å². The first kappa shape index (κ1) is 17.0. The van der Waals surface area contributed by atoms with E-state index in [-0.39, 0.29) is 24.5 Å². The minimum atomic E-state index is -0.191. The van der Waals surface area contributed by atoms with Crippen molar-refractivity contribution in [1.82, 2.24) is 5.32 Å². The molecule has 0 saturated carbocycles. The molecular formula is C16H23NO4S. The van der Waals surface area contributed by atoms with Crippen molar-refractivity contribution in [3.8, 4) is 11.5 Å². The molecule has 2 N–H and O–H groups in total. The molecule has 1 aliphatic rings. The van der Waals surface area contributed by atoms with Crippen LogP contribution in [0, 0.1) is 5.92 Å². The van der Waals surface area contributed by atoms with Crippen LogP contribution in [0.1, 0.15) is 12.0 Å².